The van der Waals surface area contributed by atoms with Gasteiger partial charge in [0.05, 0.1) is 11.3 Å². The average Bonchev–Trinajstić information content (AvgIpc) is 3.14. The molecule has 3 aromatic rings. The number of hydrogen-bond donors (Lipinski definition) is 0. The number of halogens is 3. The van der Waals surface area contributed by atoms with Gasteiger partial charge in [-0.1, -0.05) is 13.8 Å². The molecule has 25 heavy (non-hydrogen) atoms. The van der Waals surface area contributed by atoms with Gasteiger partial charge < -0.3 is 9.15 Å². The second-order valence-electron chi connectivity index (χ2n) is 4.53. The number of nitrogens with zero attached hydrogens (tertiary/aromatic N) is 3. The van der Waals surface area contributed by atoms with Crippen LogP contribution in [-0.2, 0) is 6.61 Å². The van der Waals surface area contributed by atoms with Crippen molar-refractivity contribution in [2.24, 2.45) is 0 Å². The number of ether oxygens (including phenoxy) is 1. The summed E-state index contributed by atoms with van der Waals surface area (Å²) in [5, 5.41) is 6.78. The van der Waals surface area contributed by atoms with Crippen molar-refractivity contribution in [3.63, 3.8) is 0 Å². The summed E-state index contributed by atoms with van der Waals surface area (Å²) >= 11 is 0. The fourth-order valence-corrected chi connectivity index (χ4v) is 1.76. The summed E-state index contributed by atoms with van der Waals surface area (Å²) in [4.78, 5) is 4.13. The van der Waals surface area contributed by atoms with Crippen LogP contribution in [0.4, 0.5) is 13.2 Å². The van der Waals surface area contributed by atoms with E-state index in [4.69, 9.17) is 9.15 Å². The molecule has 0 fully saturated rings. The highest BCUT2D eigenvalue weighted by Gasteiger charge is 2.17. The lowest BCUT2D eigenvalue weighted by Gasteiger charge is -2.05. The van der Waals surface area contributed by atoms with Crippen molar-refractivity contribution in [2.75, 3.05) is 0 Å². The van der Waals surface area contributed by atoms with E-state index in [0.29, 0.717) is 17.0 Å². The number of alkyl halides is 2. The highest BCUT2D eigenvalue weighted by atomic mass is 19.3. The molecule has 132 valence electrons. The van der Waals surface area contributed by atoms with Gasteiger partial charge in [0.2, 0.25) is 5.89 Å². The maximum Gasteiger partial charge on any atom is 0.314 e. The van der Waals surface area contributed by atoms with Gasteiger partial charge in [0.25, 0.3) is 5.89 Å². The molecule has 0 radical (unpaired) electrons. The molecule has 0 saturated heterocycles. The molecule has 1 aromatic carbocycles. The Morgan fingerprint density at radius 2 is 1.76 bits per heavy atom. The monoisotopic (exact) mass is 351 g/mol. The summed E-state index contributed by atoms with van der Waals surface area (Å²) in [5.74, 6) is -0.596. The predicted octanol–water partition coefficient (Wildman–Crippen LogP) is 4.81. The van der Waals surface area contributed by atoms with Gasteiger partial charge in [-0.2, -0.15) is 8.78 Å². The Hall–Kier alpha value is -2.90. The van der Waals surface area contributed by atoms with E-state index in [1.54, 1.807) is 12.1 Å². The lowest BCUT2D eigenvalue weighted by Crippen LogP contribution is -1.98. The molecule has 0 N–H and O–H groups in total. The summed E-state index contributed by atoms with van der Waals surface area (Å²) < 4.78 is 47.8. The van der Waals surface area contributed by atoms with Gasteiger partial charge in [-0.15, -0.1) is 10.2 Å². The molecular weight excluding hydrogens is 335 g/mol. The molecule has 5 nitrogen and oxygen atoms in total. The van der Waals surface area contributed by atoms with E-state index in [9.17, 15) is 13.2 Å². The average molecular weight is 351 g/mol. The van der Waals surface area contributed by atoms with Crippen LogP contribution >= 0.6 is 0 Å². The number of aromatic nitrogens is 3. The molecule has 0 atom stereocenters. The van der Waals surface area contributed by atoms with Gasteiger partial charge in [0, 0.05) is 6.20 Å². The highest BCUT2D eigenvalue weighted by Crippen LogP contribution is 2.23. The zero-order chi connectivity index (χ0) is 18.2. The van der Waals surface area contributed by atoms with Crippen LogP contribution in [0.2, 0.25) is 0 Å². The lowest BCUT2D eigenvalue weighted by molar-refractivity contribution is 0.116. The van der Waals surface area contributed by atoms with Crippen molar-refractivity contribution in [3.8, 4) is 17.2 Å². The maximum absolute atomic E-state index is 12.8. The van der Waals surface area contributed by atoms with Gasteiger partial charge in [-0.05, 0) is 36.4 Å². The molecule has 0 amide bonds. The van der Waals surface area contributed by atoms with Crippen LogP contribution in [-0.4, -0.2) is 15.2 Å². The van der Waals surface area contributed by atoms with E-state index in [1.165, 1.54) is 30.5 Å². The zero-order valence-corrected chi connectivity index (χ0v) is 13.6. The number of pyridine rings is 1. The van der Waals surface area contributed by atoms with Crippen LogP contribution in [0.3, 0.4) is 0 Å². The number of hydrogen-bond acceptors (Lipinski definition) is 5. The molecular formula is C17H16F3N3O2. The van der Waals surface area contributed by atoms with Crippen LogP contribution in [0.5, 0.6) is 5.75 Å². The standard InChI is InChI=1S/C15H10F3N3O2.C2H6/c16-10-2-5-12(6-3-10)22-8-11-4-1-9(7-19-11)14-20-21-15(23-14)13(17)18;1-2/h1-7,13H,8H2;1-2H3. The smallest absolute Gasteiger partial charge is 0.314 e. The molecule has 0 spiro atoms. The van der Waals surface area contributed by atoms with Crippen molar-refractivity contribution >= 4 is 0 Å². The number of benzene rings is 1. The van der Waals surface area contributed by atoms with Crippen molar-refractivity contribution in [1.82, 2.24) is 15.2 Å². The summed E-state index contributed by atoms with van der Waals surface area (Å²) in [6.07, 6.45) is -1.39. The normalized spacial score (nSPS) is 10.3. The molecule has 2 aromatic heterocycles. The number of rotatable bonds is 5. The summed E-state index contributed by atoms with van der Waals surface area (Å²) in [6.45, 7) is 4.18. The van der Waals surface area contributed by atoms with E-state index in [-0.39, 0.29) is 18.3 Å². The molecule has 8 heteroatoms. The first-order valence-corrected chi connectivity index (χ1v) is 7.57. The SMILES string of the molecule is CC.Fc1ccc(OCc2ccc(-c3nnc(C(F)F)o3)cn2)cc1. The van der Waals surface area contributed by atoms with Crippen LogP contribution in [0.25, 0.3) is 11.5 Å². The molecule has 3 rings (SSSR count). The van der Waals surface area contributed by atoms with Gasteiger partial charge in [-0.3, -0.25) is 4.98 Å². The van der Waals surface area contributed by atoms with E-state index < -0.39 is 12.3 Å². The second kappa shape index (κ2) is 8.81. The van der Waals surface area contributed by atoms with Gasteiger partial charge >= 0.3 is 6.43 Å². The highest BCUT2D eigenvalue weighted by molar-refractivity contribution is 5.50. The summed E-state index contributed by atoms with van der Waals surface area (Å²) in [5.41, 5.74) is 1.03. The third-order valence-corrected chi connectivity index (χ3v) is 2.90. The van der Waals surface area contributed by atoms with Gasteiger partial charge in [-0.25, -0.2) is 4.39 Å². The summed E-state index contributed by atoms with van der Waals surface area (Å²) in [7, 11) is 0. The summed E-state index contributed by atoms with van der Waals surface area (Å²) in [6, 6.07) is 8.86. The molecule has 0 saturated carbocycles. The zero-order valence-electron chi connectivity index (χ0n) is 13.6. The van der Waals surface area contributed by atoms with Crippen LogP contribution in [0.15, 0.2) is 47.0 Å². The van der Waals surface area contributed by atoms with Gasteiger partial charge in [0.15, 0.2) is 0 Å². The first-order valence-electron chi connectivity index (χ1n) is 7.57. The van der Waals surface area contributed by atoms with E-state index in [2.05, 4.69) is 15.2 Å². The molecule has 0 aliphatic heterocycles. The molecule has 2 heterocycles. The van der Waals surface area contributed by atoms with Crippen molar-refractivity contribution in [2.45, 2.75) is 26.9 Å². The van der Waals surface area contributed by atoms with Crippen molar-refractivity contribution < 1.29 is 22.3 Å². The second-order valence-corrected chi connectivity index (χ2v) is 4.53. The Labute approximate surface area is 142 Å². The molecule has 0 aliphatic carbocycles. The van der Waals surface area contributed by atoms with Gasteiger partial charge in [0.1, 0.15) is 18.2 Å². The largest absolute Gasteiger partial charge is 0.487 e. The molecule has 0 aliphatic rings. The van der Waals surface area contributed by atoms with E-state index in [0.717, 1.165) is 0 Å². The van der Waals surface area contributed by atoms with Crippen molar-refractivity contribution in [1.29, 1.82) is 0 Å². The lowest BCUT2D eigenvalue weighted by atomic mass is 10.2. The first kappa shape index (κ1) is 18.4. The van der Waals surface area contributed by atoms with Crippen molar-refractivity contribution in [3.05, 3.63) is 60.0 Å². The van der Waals surface area contributed by atoms with Crippen LogP contribution < -0.4 is 4.74 Å². The topological polar surface area (TPSA) is 61.0 Å². The first-order chi connectivity index (χ1) is 12.1. The minimum Gasteiger partial charge on any atom is -0.487 e. The fraction of sp³-hybridized carbons (Fsp3) is 0.235. The molecule has 0 unspecified atom stereocenters. The predicted molar refractivity (Wildman–Crippen MR) is 84.6 cm³/mol. The third-order valence-electron chi connectivity index (χ3n) is 2.90. The van der Waals surface area contributed by atoms with Crippen LogP contribution in [0.1, 0.15) is 31.9 Å². The minimum absolute atomic E-state index is 0.0289. The Bertz CT molecular complexity index is 775. The maximum atomic E-state index is 12.8. The third kappa shape index (κ3) is 5.03. The quantitative estimate of drug-likeness (QED) is 0.660. The molecule has 0 bridgehead atoms. The van der Waals surface area contributed by atoms with E-state index >= 15 is 0 Å². The van der Waals surface area contributed by atoms with E-state index in [1.807, 2.05) is 13.8 Å². The Kier molecular flexibility index (Phi) is 6.50. The minimum atomic E-state index is -2.81. The fourth-order valence-electron chi connectivity index (χ4n) is 1.76. The van der Waals surface area contributed by atoms with Crippen LogP contribution in [0, 0.1) is 5.82 Å². The Morgan fingerprint density at radius 1 is 1.04 bits per heavy atom. The Balaban J connectivity index is 0.00000109. The Morgan fingerprint density at radius 3 is 2.32 bits per heavy atom.